The molecular weight excluding hydrogens is 493 g/mol. The first-order valence-electron chi connectivity index (χ1n) is 10.2. The molecule has 3 heterocycles. The highest BCUT2D eigenvalue weighted by molar-refractivity contribution is 6.34. The highest BCUT2D eigenvalue weighted by atomic mass is 35.5. The molecule has 0 spiro atoms. The predicted octanol–water partition coefficient (Wildman–Crippen LogP) is 4.00. The second-order valence-electron chi connectivity index (χ2n) is 7.58. The average Bonchev–Trinajstić information content (AvgIpc) is 2.78. The van der Waals surface area contributed by atoms with E-state index in [4.69, 9.17) is 16.7 Å². The van der Waals surface area contributed by atoms with Crippen LogP contribution in [0.3, 0.4) is 0 Å². The fourth-order valence-corrected chi connectivity index (χ4v) is 3.96. The first-order chi connectivity index (χ1) is 16.5. The maximum absolute atomic E-state index is 13.0. The van der Waals surface area contributed by atoms with E-state index in [1.807, 2.05) is 4.90 Å². The van der Waals surface area contributed by atoms with E-state index in [2.05, 4.69) is 25.0 Å². The maximum atomic E-state index is 13.0. The van der Waals surface area contributed by atoms with Crippen LogP contribution in [0.15, 0.2) is 30.6 Å². The van der Waals surface area contributed by atoms with Crippen molar-refractivity contribution in [2.75, 3.05) is 36.4 Å². The zero-order valence-electron chi connectivity index (χ0n) is 18.1. The Bertz CT molecular complexity index is 1300. The van der Waals surface area contributed by atoms with Gasteiger partial charge in [0.2, 0.25) is 5.91 Å². The molecule has 1 aliphatic rings. The molecule has 1 aromatic carbocycles. The molecule has 1 aliphatic heterocycles. The molecule has 0 bridgehead atoms. The maximum Gasteiger partial charge on any atom is 0.573 e. The van der Waals surface area contributed by atoms with Gasteiger partial charge in [0.05, 0.1) is 10.5 Å². The van der Waals surface area contributed by atoms with E-state index in [0.717, 1.165) is 6.07 Å². The van der Waals surface area contributed by atoms with Crippen molar-refractivity contribution in [2.24, 2.45) is 0 Å². The molecule has 0 saturated carbocycles. The standard InChI is InChI=1S/C21H18ClF3N6O4/c1-11(32)28-17-3-2-16(35-21(23,24)25)18(29-17)12-9-15-13(8-14(12)22)19(27-10-26-15)30-4-6-31(7-5-30)20(33)34/h2-3,8-10H,4-7H2,1H3,(H,33,34)(H,28,29,32). The number of alkyl halides is 3. The largest absolute Gasteiger partial charge is 0.573 e. The molecule has 35 heavy (non-hydrogen) atoms. The van der Waals surface area contributed by atoms with Crippen LogP contribution in [-0.4, -0.2) is 69.5 Å². The van der Waals surface area contributed by atoms with Crippen LogP contribution in [0.1, 0.15) is 6.92 Å². The lowest BCUT2D eigenvalue weighted by atomic mass is 10.1. The van der Waals surface area contributed by atoms with Crippen LogP contribution in [0.25, 0.3) is 22.2 Å². The lowest BCUT2D eigenvalue weighted by Gasteiger charge is -2.34. The van der Waals surface area contributed by atoms with E-state index in [-0.39, 0.29) is 35.2 Å². The minimum absolute atomic E-state index is 0.0119. The molecule has 14 heteroatoms. The first kappa shape index (κ1) is 24.3. The SMILES string of the molecule is CC(=O)Nc1ccc(OC(F)(F)F)c(-c2cc3ncnc(N4CCN(C(=O)O)CC4)c3cc2Cl)n1. The van der Waals surface area contributed by atoms with Crippen LogP contribution in [0.4, 0.5) is 29.6 Å². The zero-order valence-corrected chi connectivity index (χ0v) is 18.9. The summed E-state index contributed by atoms with van der Waals surface area (Å²) in [6.07, 6.45) is -4.69. The number of pyridine rings is 1. The van der Waals surface area contributed by atoms with E-state index in [1.54, 1.807) is 0 Å². The van der Waals surface area contributed by atoms with Crippen molar-refractivity contribution in [3.05, 3.63) is 35.6 Å². The van der Waals surface area contributed by atoms with Crippen molar-refractivity contribution in [1.82, 2.24) is 19.9 Å². The summed E-state index contributed by atoms with van der Waals surface area (Å²) < 4.78 is 43.2. The Kier molecular flexibility index (Phi) is 6.52. The summed E-state index contributed by atoms with van der Waals surface area (Å²) in [5.74, 6) is -0.539. The molecule has 10 nitrogen and oxygen atoms in total. The summed E-state index contributed by atoms with van der Waals surface area (Å²) >= 11 is 6.49. The van der Waals surface area contributed by atoms with Gasteiger partial charge in [-0.05, 0) is 24.3 Å². The molecule has 2 aromatic heterocycles. The monoisotopic (exact) mass is 510 g/mol. The number of ether oxygens (including phenoxy) is 1. The van der Waals surface area contributed by atoms with Crippen LogP contribution < -0.4 is 15.0 Å². The quantitative estimate of drug-likeness (QED) is 0.540. The Morgan fingerprint density at radius 1 is 1.14 bits per heavy atom. The number of nitrogens with zero attached hydrogens (tertiary/aromatic N) is 5. The number of fused-ring (bicyclic) bond motifs is 1. The Hall–Kier alpha value is -3.87. The van der Waals surface area contributed by atoms with Gasteiger partial charge in [0.25, 0.3) is 0 Å². The van der Waals surface area contributed by atoms with Gasteiger partial charge < -0.3 is 25.0 Å². The third kappa shape index (κ3) is 5.45. The molecule has 1 saturated heterocycles. The Morgan fingerprint density at radius 3 is 2.49 bits per heavy atom. The van der Waals surface area contributed by atoms with Gasteiger partial charge in [-0.2, -0.15) is 0 Å². The number of hydrogen-bond acceptors (Lipinski definition) is 7. The molecule has 3 aromatic rings. The third-order valence-corrected chi connectivity index (χ3v) is 5.51. The van der Waals surface area contributed by atoms with Crippen molar-refractivity contribution < 1.29 is 32.6 Å². The molecule has 0 atom stereocenters. The van der Waals surface area contributed by atoms with Crippen molar-refractivity contribution in [1.29, 1.82) is 0 Å². The van der Waals surface area contributed by atoms with Gasteiger partial charge in [0.15, 0.2) is 5.75 Å². The van der Waals surface area contributed by atoms with Crippen molar-refractivity contribution in [3.63, 3.8) is 0 Å². The summed E-state index contributed by atoms with van der Waals surface area (Å²) in [6.45, 7) is 2.58. The van der Waals surface area contributed by atoms with Crippen LogP contribution in [0, 0.1) is 0 Å². The number of anilines is 2. The molecular formula is C21H18ClF3N6O4. The summed E-state index contributed by atoms with van der Waals surface area (Å²) in [5, 5.41) is 12.2. The second kappa shape index (κ2) is 9.41. The number of carboxylic acid groups (broad SMARTS) is 1. The molecule has 4 rings (SSSR count). The summed E-state index contributed by atoms with van der Waals surface area (Å²) in [5.41, 5.74) is 0.237. The molecule has 0 radical (unpaired) electrons. The van der Waals surface area contributed by atoms with Crippen LogP contribution in [0.5, 0.6) is 5.75 Å². The number of hydrogen-bond donors (Lipinski definition) is 2. The van der Waals surface area contributed by atoms with Gasteiger partial charge in [-0.25, -0.2) is 19.7 Å². The topological polar surface area (TPSA) is 121 Å². The minimum Gasteiger partial charge on any atom is -0.465 e. The van der Waals surface area contributed by atoms with E-state index in [1.165, 1.54) is 36.4 Å². The van der Waals surface area contributed by atoms with Crippen molar-refractivity contribution in [2.45, 2.75) is 13.3 Å². The Balaban J connectivity index is 1.77. The molecule has 1 fully saturated rings. The molecule has 0 aliphatic carbocycles. The van der Waals surface area contributed by atoms with Gasteiger partial charge in [0.1, 0.15) is 23.7 Å². The number of benzene rings is 1. The predicted molar refractivity (Wildman–Crippen MR) is 121 cm³/mol. The van der Waals surface area contributed by atoms with Crippen LogP contribution in [-0.2, 0) is 4.79 Å². The van der Waals surface area contributed by atoms with E-state index < -0.39 is 24.1 Å². The van der Waals surface area contributed by atoms with Gasteiger partial charge in [-0.3, -0.25) is 4.79 Å². The number of aromatic nitrogens is 3. The smallest absolute Gasteiger partial charge is 0.465 e. The number of piperazine rings is 1. The Morgan fingerprint density at radius 2 is 1.86 bits per heavy atom. The fraction of sp³-hybridized carbons (Fsp3) is 0.286. The number of halogens is 4. The second-order valence-corrected chi connectivity index (χ2v) is 7.98. The summed E-state index contributed by atoms with van der Waals surface area (Å²) in [6, 6.07) is 5.18. The van der Waals surface area contributed by atoms with Gasteiger partial charge >= 0.3 is 12.5 Å². The van der Waals surface area contributed by atoms with E-state index in [9.17, 15) is 22.8 Å². The summed E-state index contributed by atoms with van der Waals surface area (Å²) in [7, 11) is 0. The van der Waals surface area contributed by atoms with Crippen LogP contribution in [0.2, 0.25) is 5.02 Å². The average molecular weight is 511 g/mol. The van der Waals surface area contributed by atoms with Gasteiger partial charge in [-0.1, -0.05) is 11.6 Å². The summed E-state index contributed by atoms with van der Waals surface area (Å²) in [4.78, 5) is 38.4. The molecule has 0 unspecified atom stereocenters. The first-order valence-corrected chi connectivity index (χ1v) is 10.6. The molecule has 2 N–H and O–H groups in total. The third-order valence-electron chi connectivity index (χ3n) is 5.20. The molecule has 184 valence electrons. The highest BCUT2D eigenvalue weighted by Crippen LogP contribution is 2.40. The van der Waals surface area contributed by atoms with E-state index in [0.29, 0.717) is 29.8 Å². The minimum atomic E-state index is -4.98. The normalized spacial score (nSPS) is 14.2. The lowest BCUT2D eigenvalue weighted by molar-refractivity contribution is -0.274. The number of nitrogens with one attached hydrogen (secondary N) is 1. The molecule has 2 amide bonds. The number of carbonyl (C=O) groups is 2. The van der Waals surface area contributed by atoms with Crippen LogP contribution >= 0.6 is 11.6 Å². The number of rotatable bonds is 4. The number of carbonyl (C=O) groups excluding carboxylic acids is 1. The number of amides is 2. The Labute approximate surface area is 201 Å². The van der Waals surface area contributed by atoms with E-state index >= 15 is 0 Å². The lowest BCUT2D eigenvalue weighted by Crippen LogP contribution is -2.48. The van der Waals surface area contributed by atoms with Crippen molar-refractivity contribution >= 4 is 46.1 Å². The van der Waals surface area contributed by atoms with Crippen molar-refractivity contribution in [3.8, 4) is 17.0 Å². The van der Waals surface area contributed by atoms with Gasteiger partial charge in [-0.15, -0.1) is 13.2 Å². The van der Waals surface area contributed by atoms with Gasteiger partial charge in [0, 0.05) is 44.1 Å². The fourth-order valence-electron chi connectivity index (χ4n) is 3.70. The zero-order chi connectivity index (χ0) is 25.3. The highest BCUT2D eigenvalue weighted by Gasteiger charge is 2.33.